The largest absolute Gasteiger partial charge is 0.255 e. The molecule has 0 aliphatic rings. The lowest BCUT2D eigenvalue weighted by Gasteiger charge is -1.95. The number of hydrogen-bond donors (Lipinski definition) is 0. The molecule has 100 valence electrons. The van der Waals surface area contributed by atoms with Crippen molar-refractivity contribution < 1.29 is 4.57 Å². The molecule has 0 saturated heterocycles. The molecule has 2 nitrogen and oxygen atoms in total. The van der Waals surface area contributed by atoms with Gasteiger partial charge in [-0.3, -0.25) is 0 Å². The summed E-state index contributed by atoms with van der Waals surface area (Å²) in [6, 6.07) is 29.3. The van der Waals surface area contributed by atoms with Gasteiger partial charge in [0.25, 0.3) is 6.33 Å². The summed E-state index contributed by atoms with van der Waals surface area (Å²) in [6.45, 7) is 0. The molecule has 0 amide bonds. The van der Waals surface area contributed by atoms with E-state index in [1.165, 1.54) is 22.4 Å². The number of hydrogen-bond acceptors (Lipinski definition) is 0. The van der Waals surface area contributed by atoms with Gasteiger partial charge in [0.1, 0.15) is 11.4 Å². The summed E-state index contributed by atoms with van der Waals surface area (Å²) in [5.74, 6) is 0. The standard InChI is InChI=1S/C19H15N2/c1-3-9-16(10-4-1)20-15-21(17-11-5-2-6-12-17)19-14-8-7-13-18(19)20/h1-15H/q+1. The van der Waals surface area contributed by atoms with Gasteiger partial charge in [-0.05, 0) is 36.4 Å². The first-order valence-electron chi connectivity index (χ1n) is 7.06. The molecule has 4 aromatic rings. The Labute approximate surface area is 123 Å². The molecule has 0 atom stereocenters. The maximum atomic E-state index is 2.22. The van der Waals surface area contributed by atoms with Crippen molar-refractivity contribution >= 4 is 11.0 Å². The van der Waals surface area contributed by atoms with Crippen molar-refractivity contribution in [2.45, 2.75) is 0 Å². The third kappa shape index (κ3) is 2.01. The van der Waals surface area contributed by atoms with Gasteiger partial charge >= 0.3 is 0 Å². The minimum Gasteiger partial charge on any atom is -0.195 e. The highest BCUT2D eigenvalue weighted by Gasteiger charge is 2.17. The van der Waals surface area contributed by atoms with E-state index >= 15 is 0 Å². The number of aromatic nitrogens is 2. The Bertz CT molecular complexity index is 804. The first-order valence-corrected chi connectivity index (χ1v) is 7.06. The molecular weight excluding hydrogens is 256 g/mol. The van der Waals surface area contributed by atoms with Crippen LogP contribution in [0.15, 0.2) is 91.3 Å². The fourth-order valence-electron chi connectivity index (χ4n) is 2.70. The van der Waals surface area contributed by atoms with Crippen LogP contribution in [0, 0.1) is 0 Å². The van der Waals surface area contributed by atoms with Crippen LogP contribution in [0.5, 0.6) is 0 Å². The summed E-state index contributed by atoms with van der Waals surface area (Å²) in [5.41, 5.74) is 4.74. The maximum Gasteiger partial charge on any atom is 0.255 e. The van der Waals surface area contributed by atoms with Crippen LogP contribution < -0.4 is 4.57 Å². The number of rotatable bonds is 2. The molecule has 0 N–H and O–H groups in total. The summed E-state index contributed by atoms with van der Waals surface area (Å²) in [7, 11) is 0. The molecule has 0 unspecified atom stereocenters. The van der Waals surface area contributed by atoms with Gasteiger partial charge < -0.3 is 0 Å². The van der Waals surface area contributed by atoms with Crippen LogP contribution in [-0.4, -0.2) is 4.57 Å². The number of imidazole rings is 1. The predicted octanol–water partition coefficient (Wildman–Crippen LogP) is 3.91. The van der Waals surface area contributed by atoms with E-state index in [2.05, 4.69) is 88.3 Å². The van der Waals surface area contributed by atoms with Crippen molar-refractivity contribution in [3.05, 3.63) is 91.3 Å². The van der Waals surface area contributed by atoms with E-state index < -0.39 is 0 Å². The number of para-hydroxylation sites is 4. The molecule has 21 heavy (non-hydrogen) atoms. The second kappa shape index (κ2) is 4.91. The molecule has 0 radical (unpaired) electrons. The van der Waals surface area contributed by atoms with Gasteiger partial charge in [-0.25, -0.2) is 0 Å². The second-order valence-electron chi connectivity index (χ2n) is 5.02. The van der Waals surface area contributed by atoms with Gasteiger partial charge in [0, 0.05) is 0 Å². The maximum absolute atomic E-state index is 2.22. The average Bonchev–Trinajstić information content (AvgIpc) is 2.96. The minimum atomic E-state index is 1.17. The zero-order chi connectivity index (χ0) is 14.1. The van der Waals surface area contributed by atoms with E-state index in [0.29, 0.717) is 0 Å². The third-order valence-corrected chi connectivity index (χ3v) is 3.70. The molecule has 3 aromatic carbocycles. The number of fused-ring (bicyclic) bond motifs is 1. The quantitative estimate of drug-likeness (QED) is 0.489. The minimum absolute atomic E-state index is 1.17. The lowest BCUT2D eigenvalue weighted by atomic mass is 10.2. The van der Waals surface area contributed by atoms with Gasteiger partial charge in [0.15, 0.2) is 11.0 Å². The van der Waals surface area contributed by atoms with E-state index in [-0.39, 0.29) is 0 Å². The summed E-state index contributed by atoms with van der Waals surface area (Å²) in [4.78, 5) is 0. The molecule has 2 heteroatoms. The Morgan fingerprint density at radius 2 is 1.24 bits per heavy atom. The fourth-order valence-corrected chi connectivity index (χ4v) is 2.70. The zero-order valence-corrected chi connectivity index (χ0v) is 11.6. The molecule has 0 saturated carbocycles. The van der Waals surface area contributed by atoms with Crippen molar-refractivity contribution in [2.24, 2.45) is 0 Å². The van der Waals surface area contributed by atoms with E-state index in [1.807, 2.05) is 12.1 Å². The van der Waals surface area contributed by atoms with Crippen molar-refractivity contribution in [1.82, 2.24) is 4.57 Å². The Kier molecular flexibility index (Phi) is 2.79. The molecule has 0 bridgehead atoms. The average molecular weight is 271 g/mol. The topological polar surface area (TPSA) is 8.81 Å². The monoisotopic (exact) mass is 271 g/mol. The Balaban J connectivity index is 2.02. The normalized spacial score (nSPS) is 10.9. The van der Waals surface area contributed by atoms with E-state index in [9.17, 15) is 0 Å². The van der Waals surface area contributed by atoms with Gasteiger partial charge in [0.2, 0.25) is 0 Å². The highest BCUT2D eigenvalue weighted by atomic mass is 15.1. The van der Waals surface area contributed by atoms with Crippen LogP contribution in [0.3, 0.4) is 0 Å². The van der Waals surface area contributed by atoms with Gasteiger partial charge in [-0.2, -0.15) is 9.13 Å². The van der Waals surface area contributed by atoms with Gasteiger partial charge in [0.05, 0.1) is 0 Å². The fraction of sp³-hybridized carbons (Fsp3) is 0. The number of nitrogens with zero attached hydrogens (tertiary/aromatic N) is 2. The van der Waals surface area contributed by atoms with Crippen LogP contribution in [0.2, 0.25) is 0 Å². The highest BCUT2D eigenvalue weighted by molar-refractivity contribution is 5.74. The van der Waals surface area contributed by atoms with Crippen molar-refractivity contribution in [2.75, 3.05) is 0 Å². The van der Waals surface area contributed by atoms with Crippen LogP contribution in [0.25, 0.3) is 22.4 Å². The molecular formula is C19H15N2+. The molecule has 0 fully saturated rings. The number of benzene rings is 3. The molecule has 0 aliphatic carbocycles. The zero-order valence-electron chi connectivity index (χ0n) is 11.6. The van der Waals surface area contributed by atoms with E-state index in [1.54, 1.807) is 0 Å². The molecule has 4 rings (SSSR count). The molecule has 0 aliphatic heterocycles. The van der Waals surface area contributed by atoms with Crippen molar-refractivity contribution in [3.8, 4) is 11.4 Å². The Morgan fingerprint density at radius 3 is 2.00 bits per heavy atom. The lowest BCUT2D eigenvalue weighted by Crippen LogP contribution is -2.28. The predicted molar refractivity (Wildman–Crippen MR) is 84.8 cm³/mol. The van der Waals surface area contributed by atoms with Crippen LogP contribution in [0.1, 0.15) is 0 Å². The van der Waals surface area contributed by atoms with Crippen molar-refractivity contribution in [1.29, 1.82) is 0 Å². The molecule has 1 aromatic heterocycles. The third-order valence-electron chi connectivity index (χ3n) is 3.70. The molecule has 1 heterocycles. The molecule has 0 spiro atoms. The van der Waals surface area contributed by atoms with E-state index in [0.717, 1.165) is 0 Å². The lowest BCUT2D eigenvalue weighted by molar-refractivity contribution is -0.567. The van der Waals surface area contributed by atoms with E-state index in [4.69, 9.17) is 0 Å². The smallest absolute Gasteiger partial charge is 0.195 e. The van der Waals surface area contributed by atoms with Crippen LogP contribution >= 0.6 is 0 Å². The van der Waals surface area contributed by atoms with Crippen LogP contribution in [0.4, 0.5) is 0 Å². The Morgan fingerprint density at radius 1 is 0.619 bits per heavy atom. The van der Waals surface area contributed by atoms with Crippen LogP contribution in [-0.2, 0) is 0 Å². The first kappa shape index (κ1) is 11.9. The summed E-state index contributed by atoms with van der Waals surface area (Å²) in [5, 5.41) is 0. The van der Waals surface area contributed by atoms with Gasteiger partial charge in [-0.15, -0.1) is 0 Å². The summed E-state index contributed by atoms with van der Waals surface area (Å²) in [6.07, 6.45) is 2.15. The first-order chi connectivity index (χ1) is 10.4. The summed E-state index contributed by atoms with van der Waals surface area (Å²) < 4.78 is 4.45. The second-order valence-corrected chi connectivity index (χ2v) is 5.02. The van der Waals surface area contributed by atoms with Gasteiger partial charge in [-0.1, -0.05) is 48.5 Å². The Hall–Kier alpha value is -2.87. The highest BCUT2D eigenvalue weighted by Crippen LogP contribution is 2.18. The SMILES string of the molecule is c1ccc(-n2c[n+](-c3ccccc3)c3ccccc32)cc1. The summed E-state index contributed by atoms with van der Waals surface area (Å²) >= 11 is 0. The van der Waals surface area contributed by atoms with Crippen molar-refractivity contribution in [3.63, 3.8) is 0 Å².